The van der Waals surface area contributed by atoms with Crippen molar-refractivity contribution in [3.63, 3.8) is 0 Å². The lowest BCUT2D eigenvalue weighted by Gasteiger charge is -2.09. The molecule has 0 fully saturated rings. The number of ether oxygens (including phenoxy) is 1. The molecule has 0 atom stereocenters. The molecule has 0 radical (unpaired) electrons. The smallest absolute Gasteiger partial charge is 0.351 e. The molecule has 4 aromatic rings. The van der Waals surface area contributed by atoms with Crippen LogP contribution in [0.15, 0.2) is 75.9 Å². The summed E-state index contributed by atoms with van der Waals surface area (Å²) in [5, 5.41) is 11.8. The number of fused-ring (bicyclic) bond motifs is 2. The minimum absolute atomic E-state index is 0.287. The highest BCUT2D eigenvalue weighted by atomic mass is 16.5. The highest BCUT2D eigenvalue weighted by Crippen LogP contribution is 2.23. The van der Waals surface area contributed by atoms with Crippen LogP contribution in [-0.2, 0) is 6.61 Å². The Morgan fingerprint density at radius 3 is 2.62 bits per heavy atom. The Hall–Kier alpha value is -3.60. The minimum atomic E-state index is -1.31. The molecule has 3 aromatic carbocycles. The van der Waals surface area contributed by atoms with Gasteiger partial charge in [-0.05, 0) is 34.5 Å². The van der Waals surface area contributed by atoms with Crippen LogP contribution in [0, 0.1) is 0 Å². The van der Waals surface area contributed by atoms with Crippen LogP contribution in [0.1, 0.15) is 15.9 Å². The van der Waals surface area contributed by atoms with Crippen molar-refractivity contribution in [1.82, 2.24) is 0 Å². The fraction of sp³-hybridized carbons (Fsp3) is 0.0476. The highest BCUT2D eigenvalue weighted by Gasteiger charge is 2.12. The largest absolute Gasteiger partial charge is 0.489 e. The first-order valence-electron chi connectivity index (χ1n) is 8.02. The number of benzene rings is 3. The van der Waals surface area contributed by atoms with Crippen LogP contribution in [0.2, 0.25) is 0 Å². The molecule has 128 valence electrons. The SMILES string of the molecule is O=C(O)c1cc2ccc(OCc3cccc4ccccc34)cc2oc1=O. The van der Waals surface area contributed by atoms with E-state index in [9.17, 15) is 9.59 Å². The quantitative estimate of drug-likeness (QED) is 0.560. The van der Waals surface area contributed by atoms with Gasteiger partial charge in [0.2, 0.25) is 0 Å². The van der Waals surface area contributed by atoms with Crippen molar-refractivity contribution in [3.05, 3.63) is 88.3 Å². The number of carboxylic acids is 1. The predicted molar refractivity (Wildman–Crippen MR) is 97.7 cm³/mol. The fourth-order valence-corrected chi connectivity index (χ4v) is 2.91. The lowest BCUT2D eigenvalue weighted by molar-refractivity contribution is 0.0692. The molecule has 0 saturated carbocycles. The zero-order valence-corrected chi connectivity index (χ0v) is 13.6. The molecule has 1 heterocycles. The van der Waals surface area contributed by atoms with Gasteiger partial charge in [0.05, 0.1) is 0 Å². The van der Waals surface area contributed by atoms with Gasteiger partial charge in [0.25, 0.3) is 0 Å². The van der Waals surface area contributed by atoms with E-state index in [0.29, 0.717) is 17.7 Å². The second-order valence-electron chi connectivity index (χ2n) is 5.88. The van der Waals surface area contributed by atoms with E-state index in [4.69, 9.17) is 14.3 Å². The summed E-state index contributed by atoms with van der Waals surface area (Å²) < 4.78 is 10.9. The Bertz CT molecular complexity index is 1180. The molecule has 26 heavy (non-hydrogen) atoms. The lowest BCUT2D eigenvalue weighted by Crippen LogP contribution is -2.12. The van der Waals surface area contributed by atoms with E-state index in [1.54, 1.807) is 18.2 Å². The molecule has 0 bridgehead atoms. The Balaban J connectivity index is 1.64. The van der Waals surface area contributed by atoms with Gasteiger partial charge < -0.3 is 14.3 Å². The number of carboxylic acid groups (broad SMARTS) is 1. The first-order chi connectivity index (χ1) is 12.6. The Morgan fingerprint density at radius 1 is 0.962 bits per heavy atom. The molecule has 0 aliphatic carbocycles. The van der Waals surface area contributed by atoms with Crippen LogP contribution in [0.5, 0.6) is 5.75 Å². The Morgan fingerprint density at radius 2 is 1.77 bits per heavy atom. The van der Waals surface area contributed by atoms with Gasteiger partial charge in [-0.25, -0.2) is 9.59 Å². The maximum atomic E-state index is 11.7. The maximum absolute atomic E-state index is 11.7. The minimum Gasteiger partial charge on any atom is -0.489 e. The zero-order chi connectivity index (χ0) is 18.1. The monoisotopic (exact) mass is 346 g/mol. The van der Waals surface area contributed by atoms with Crippen molar-refractivity contribution in [1.29, 1.82) is 0 Å². The number of hydrogen-bond donors (Lipinski definition) is 1. The van der Waals surface area contributed by atoms with Crippen LogP contribution in [0.3, 0.4) is 0 Å². The molecule has 0 amide bonds. The third-order valence-corrected chi connectivity index (χ3v) is 4.21. The summed E-state index contributed by atoms with van der Waals surface area (Å²) in [5.74, 6) is -0.770. The molecule has 5 nitrogen and oxygen atoms in total. The van der Waals surface area contributed by atoms with Gasteiger partial charge in [0.15, 0.2) is 0 Å². The van der Waals surface area contributed by atoms with Crippen molar-refractivity contribution in [2.45, 2.75) is 6.61 Å². The average molecular weight is 346 g/mol. The van der Waals surface area contributed by atoms with E-state index in [1.807, 2.05) is 42.5 Å². The van der Waals surface area contributed by atoms with Gasteiger partial charge in [-0.2, -0.15) is 0 Å². The Labute approximate surface area is 148 Å². The van der Waals surface area contributed by atoms with Crippen LogP contribution >= 0.6 is 0 Å². The molecular formula is C21H14O5. The Kier molecular flexibility index (Phi) is 3.89. The molecule has 0 unspecified atom stereocenters. The van der Waals surface area contributed by atoms with Crippen molar-refractivity contribution in [2.24, 2.45) is 0 Å². The zero-order valence-electron chi connectivity index (χ0n) is 13.6. The van der Waals surface area contributed by atoms with E-state index < -0.39 is 11.6 Å². The van der Waals surface area contributed by atoms with Gasteiger partial charge in [0.1, 0.15) is 23.5 Å². The topological polar surface area (TPSA) is 76.7 Å². The first kappa shape index (κ1) is 15.9. The van der Waals surface area contributed by atoms with Gasteiger partial charge in [0, 0.05) is 11.5 Å². The molecule has 0 saturated heterocycles. The molecule has 0 aliphatic rings. The predicted octanol–water partition coefficient (Wildman–Crippen LogP) is 4.22. The van der Waals surface area contributed by atoms with Crippen molar-refractivity contribution < 1.29 is 19.1 Å². The molecule has 4 rings (SSSR count). The lowest BCUT2D eigenvalue weighted by atomic mass is 10.1. The number of aromatic carboxylic acids is 1. The molecule has 0 spiro atoms. The fourth-order valence-electron chi connectivity index (χ4n) is 2.91. The third kappa shape index (κ3) is 2.91. The third-order valence-electron chi connectivity index (χ3n) is 4.21. The molecule has 5 heteroatoms. The molecule has 1 aromatic heterocycles. The molecule has 0 aliphatic heterocycles. The first-order valence-corrected chi connectivity index (χ1v) is 8.02. The summed E-state index contributed by atoms with van der Waals surface area (Å²) in [6.45, 7) is 0.365. The standard InChI is InChI=1S/C21H14O5/c22-20(23)18-10-14-8-9-16(11-19(14)26-21(18)24)25-12-15-6-3-5-13-4-1-2-7-17(13)15/h1-11H,12H2,(H,22,23). The molecular weight excluding hydrogens is 332 g/mol. The van der Waals surface area contributed by atoms with Crippen LogP contribution in [-0.4, -0.2) is 11.1 Å². The van der Waals surface area contributed by atoms with E-state index >= 15 is 0 Å². The van der Waals surface area contributed by atoms with Crippen molar-refractivity contribution in [3.8, 4) is 5.75 Å². The average Bonchev–Trinajstić information content (AvgIpc) is 2.65. The van der Waals surface area contributed by atoms with E-state index in [1.165, 1.54) is 6.07 Å². The van der Waals surface area contributed by atoms with Crippen LogP contribution in [0.4, 0.5) is 0 Å². The second-order valence-corrected chi connectivity index (χ2v) is 5.88. The molecule has 1 N–H and O–H groups in total. The van der Waals surface area contributed by atoms with Gasteiger partial charge in [-0.15, -0.1) is 0 Å². The number of hydrogen-bond acceptors (Lipinski definition) is 4. The van der Waals surface area contributed by atoms with Crippen LogP contribution in [0.25, 0.3) is 21.7 Å². The summed E-state index contributed by atoms with van der Waals surface area (Å²) in [6.07, 6.45) is 0. The van der Waals surface area contributed by atoms with E-state index in [-0.39, 0.29) is 11.1 Å². The summed E-state index contributed by atoms with van der Waals surface area (Å²) >= 11 is 0. The van der Waals surface area contributed by atoms with Crippen LogP contribution < -0.4 is 10.4 Å². The summed E-state index contributed by atoms with van der Waals surface area (Å²) in [7, 11) is 0. The van der Waals surface area contributed by atoms with Gasteiger partial charge in [-0.1, -0.05) is 42.5 Å². The van der Waals surface area contributed by atoms with E-state index in [2.05, 4.69) is 0 Å². The summed E-state index contributed by atoms with van der Waals surface area (Å²) in [6, 6.07) is 20.4. The summed E-state index contributed by atoms with van der Waals surface area (Å²) in [4.78, 5) is 22.7. The van der Waals surface area contributed by atoms with Gasteiger partial charge in [-0.3, -0.25) is 0 Å². The normalized spacial score (nSPS) is 10.9. The van der Waals surface area contributed by atoms with Crippen molar-refractivity contribution >= 4 is 27.7 Å². The van der Waals surface area contributed by atoms with E-state index in [0.717, 1.165) is 16.3 Å². The maximum Gasteiger partial charge on any atom is 0.351 e. The van der Waals surface area contributed by atoms with Gasteiger partial charge >= 0.3 is 11.6 Å². The summed E-state index contributed by atoms with van der Waals surface area (Å²) in [5.41, 5.74) is 0.0689. The van der Waals surface area contributed by atoms with Crippen molar-refractivity contribution in [2.75, 3.05) is 0 Å². The number of carbonyl (C=O) groups is 1. The highest BCUT2D eigenvalue weighted by molar-refractivity contribution is 5.91. The number of rotatable bonds is 4. The second kappa shape index (κ2) is 6.37.